The van der Waals surface area contributed by atoms with Gasteiger partial charge in [0.1, 0.15) is 0 Å². The van der Waals surface area contributed by atoms with Gasteiger partial charge in [-0.25, -0.2) is 0 Å². The van der Waals surface area contributed by atoms with E-state index in [1.54, 1.807) is 18.3 Å². The third-order valence-electron chi connectivity index (χ3n) is 4.80. The largest absolute Gasteiger partial charge is 0.362 e. The Balaban J connectivity index is 2.02. The van der Waals surface area contributed by atoms with E-state index < -0.39 is 0 Å². The molecule has 0 atom stereocenters. The highest BCUT2D eigenvalue weighted by Gasteiger charge is 2.31. The summed E-state index contributed by atoms with van der Waals surface area (Å²) >= 11 is 18.6. The second-order valence-electron chi connectivity index (χ2n) is 7.38. The molecule has 2 aromatic carbocycles. The molecule has 1 aliphatic heterocycles. The van der Waals surface area contributed by atoms with E-state index in [1.807, 2.05) is 6.07 Å². The van der Waals surface area contributed by atoms with Crippen molar-refractivity contribution < 1.29 is 0 Å². The van der Waals surface area contributed by atoms with Gasteiger partial charge < -0.3 is 4.90 Å². The lowest BCUT2D eigenvalue weighted by atomic mass is 9.88. The predicted molar refractivity (Wildman–Crippen MR) is 121 cm³/mol. The molecule has 0 aromatic heterocycles. The van der Waals surface area contributed by atoms with Gasteiger partial charge in [-0.15, -0.1) is 0 Å². The molecule has 0 spiro atoms. The molecule has 3 rings (SSSR count). The van der Waals surface area contributed by atoms with Crippen LogP contribution in [0.25, 0.3) is 5.57 Å². The highest BCUT2D eigenvalue weighted by molar-refractivity contribution is 6.42. The Morgan fingerprint density at radius 2 is 1.78 bits per heavy atom. The van der Waals surface area contributed by atoms with Crippen LogP contribution in [0.5, 0.6) is 0 Å². The van der Waals surface area contributed by atoms with E-state index in [-0.39, 0.29) is 5.54 Å². The van der Waals surface area contributed by atoms with Gasteiger partial charge in [0.05, 0.1) is 26.3 Å². The quantitative estimate of drug-likeness (QED) is 0.459. The first-order chi connectivity index (χ1) is 12.7. The van der Waals surface area contributed by atoms with Crippen molar-refractivity contribution in [3.05, 3.63) is 62.6 Å². The van der Waals surface area contributed by atoms with Crippen LogP contribution in [0.3, 0.4) is 0 Å². The molecule has 0 unspecified atom stereocenters. The monoisotopic (exact) mass is 420 g/mol. The highest BCUT2D eigenvalue weighted by Crippen LogP contribution is 2.41. The van der Waals surface area contributed by atoms with E-state index in [0.717, 1.165) is 24.2 Å². The molecule has 1 heterocycles. The Kier molecular flexibility index (Phi) is 5.90. The van der Waals surface area contributed by atoms with E-state index in [4.69, 9.17) is 34.8 Å². The van der Waals surface area contributed by atoms with Gasteiger partial charge in [-0.3, -0.25) is 4.99 Å². The van der Waals surface area contributed by atoms with Gasteiger partial charge in [0, 0.05) is 29.6 Å². The van der Waals surface area contributed by atoms with E-state index in [9.17, 15) is 0 Å². The molecule has 0 saturated heterocycles. The maximum absolute atomic E-state index is 6.61. The van der Waals surface area contributed by atoms with E-state index in [2.05, 4.69) is 55.8 Å². The van der Waals surface area contributed by atoms with Crippen molar-refractivity contribution >= 4 is 58.0 Å². The summed E-state index contributed by atoms with van der Waals surface area (Å²) in [5, 5.41) is 1.69. The summed E-state index contributed by atoms with van der Waals surface area (Å²) in [6, 6.07) is 9.48. The summed E-state index contributed by atoms with van der Waals surface area (Å²) in [4.78, 5) is 6.93. The predicted octanol–water partition coefficient (Wildman–Crippen LogP) is 7.81. The van der Waals surface area contributed by atoms with Crippen molar-refractivity contribution in [2.45, 2.75) is 39.7 Å². The first-order valence-electron chi connectivity index (χ1n) is 9.03. The van der Waals surface area contributed by atoms with Crippen LogP contribution in [0.4, 0.5) is 11.4 Å². The van der Waals surface area contributed by atoms with Crippen LogP contribution in [-0.2, 0) is 0 Å². The molecule has 1 aliphatic rings. The number of halogens is 3. The van der Waals surface area contributed by atoms with Crippen LogP contribution < -0.4 is 4.90 Å². The van der Waals surface area contributed by atoms with Crippen molar-refractivity contribution in [2.24, 2.45) is 4.99 Å². The number of hydrogen-bond acceptors (Lipinski definition) is 2. The third-order valence-corrected chi connectivity index (χ3v) is 5.87. The molecule has 0 radical (unpaired) electrons. The molecule has 27 heavy (non-hydrogen) atoms. The molecule has 0 fully saturated rings. The van der Waals surface area contributed by atoms with Gasteiger partial charge in [0.15, 0.2) is 0 Å². The summed E-state index contributed by atoms with van der Waals surface area (Å²) in [7, 11) is 0. The van der Waals surface area contributed by atoms with Crippen molar-refractivity contribution in [3.8, 4) is 0 Å². The number of allylic oxidation sites excluding steroid dienone is 1. The van der Waals surface area contributed by atoms with Crippen molar-refractivity contribution in [1.82, 2.24) is 0 Å². The number of hydrogen-bond donors (Lipinski definition) is 0. The summed E-state index contributed by atoms with van der Waals surface area (Å²) in [6.45, 7) is 9.81. The van der Waals surface area contributed by atoms with Gasteiger partial charge in [-0.05, 0) is 63.1 Å². The minimum Gasteiger partial charge on any atom is -0.362 e. The van der Waals surface area contributed by atoms with Crippen LogP contribution in [0.1, 0.15) is 45.2 Å². The Morgan fingerprint density at radius 3 is 2.44 bits per heavy atom. The van der Waals surface area contributed by atoms with Crippen LogP contribution in [0, 0.1) is 0 Å². The lowest BCUT2D eigenvalue weighted by molar-refractivity contribution is 0.550. The molecule has 2 aromatic rings. The SMILES string of the molecule is CCCN1c2cc(Cl)c(C=Nc3ccc(Cl)c(Cl)c3)cc2C(C)=CC1(C)C. The first-order valence-corrected chi connectivity index (χ1v) is 10.2. The van der Waals surface area contributed by atoms with Crippen molar-refractivity contribution in [1.29, 1.82) is 0 Å². The molecule has 0 amide bonds. The minimum atomic E-state index is -0.0356. The smallest absolute Gasteiger partial charge is 0.0645 e. The minimum absolute atomic E-state index is 0.0356. The van der Waals surface area contributed by atoms with Gasteiger partial charge in [-0.1, -0.05) is 47.8 Å². The Morgan fingerprint density at radius 1 is 1.04 bits per heavy atom. The number of rotatable bonds is 4. The van der Waals surface area contributed by atoms with E-state index >= 15 is 0 Å². The van der Waals surface area contributed by atoms with E-state index in [0.29, 0.717) is 15.1 Å². The van der Waals surface area contributed by atoms with Gasteiger partial charge in [0.25, 0.3) is 0 Å². The van der Waals surface area contributed by atoms with Crippen molar-refractivity contribution in [2.75, 3.05) is 11.4 Å². The average Bonchev–Trinajstić information content (AvgIpc) is 2.59. The topological polar surface area (TPSA) is 15.6 Å². The van der Waals surface area contributed by atoms with Gasteiger partial charge >= 0.3 is 0 Å². The Hall–Kier alpha value is -1.48. The molecule has 2 nitrogen and oxygen atoms in total. The normalized spacial score (nSPS) is 15.8. The molecular weight excluding hydrogens is 399 g/mol. The molecule has 5 heteroatoms. The summed E-state index contributed by atoms with van der Waals surface area (Å²) in [5.41, 5.74) is 5.21. The third kappa shape index (κ3) is 4.18. The van der Waals surface area contributed by atoms with E-state index in [1.165, 1.54) is 16.8 Å². The van der Waals surface area contributed by atoms with Gasteiger partial charge in [-0.2, -0.15) is 0 Å². The lowest BCUT2D eigenvalue weighted by Gasteiger charge is -2.43. The van der Waals surface area contributed by atoms with Crippen molar-refractivity contribution in [3.63, 3.8) is 0 Å². The van der Waals surface area contributed by atoms with Crippen LogP contribution >= 0.6 is 34.8 Å². The van der Waals surface area contributed by atoms with Gasteiger partial charge in [0.2, 0.25) is 0 Å². The number of fused-ring (bicyclic) bond motifs is 1. The molecule has 0 N–H and O–H groups in total. The zero-order valence-corrected chi connectivity index (χ0v) is 18.3. The first kappa shape index (κ1) is 20.3. The molecule has 0 bridgehead atoms. The standard InChI is InChI=1S/C22H23Cl3N2/c1-5-8-27-21-11-19(24)15(9-17(21)14(2)12-22(27,3)4)13-26-16-6-7-18(23)20(25)10-16/h6-7,9-13H,5,8H2,1-4H3. The number of nitrogens with zero attached hydrogens (tertiary/aromatic N) is 2. The second kappa shape index (κ2) is 7.87. The molecule has 142 valence electrons. The molecular formula is C22H23Cl3N2. The van der Waals surface area contributed by atoms with Crippen LogP contribution in [0.15, 0.2) is 41.4 Å². The average molecular weight is 422 g/mol. The zero-order chi connectivity index (χ0) is 19.8. The molecule has 0 aliphatic carbocycles. The number of benzene rings is 2. The number of aliphatic imine (C=N–C) groups is 1. The maximum atomic E-state index is 6.61. The summed E-state index contributed by atoms with van der Waals surface area (Å²) < 4.78 is 0. The fraction of sp³-hybridized carbons (Fsp3) is 0.318. The highest BCUT2D eigenvalue weighted by atomic mass is 35.5. The zero-order valence-electron chi connectivity index (χ0n) is 16.0. The number of anilines is 1. The fourth-order valence-electron chi connectivity index (χ4n) is 3.56. The van der Waals surface area contributed by atoms with Crippen LogP contribution in [0.2, 0.25) is 15.1 Å². The Bertz CT molecular complexity index is 929. The summed E-state index contributed by atoms with van der Waals surface area (Å²) in [5.74, 6) is 0. The maximum Gasteiger partial charge on any atom is 0.0645 e. The molecule has 0 saturated carbocycles. The lowest BCUT2D eigenvalue weighted by Crippen LogP contribution is -2.45. The summed E-state index contributed by atoms with van der Waals surface area (Å²) in [6.07, 6.45) is 5.17. The fourth-order valence-corrected chi connectivity index (χ4v) is 4.05. The Labute approximate surface area is 176 Å². The second-order valence-corrected chi connectivity index (χ2v) is 8.60. The van der Waals surface area contributed by atoms with Crippen LogP contribution in [-0.4, -0.2) is 18.3 Å².